The standard InChI is InChI=1S/2C5H5.CN.3CO.2Fe.Na/c2*1-2-4-5-3-1;4*1-2;;;/h2*1-5H;;;;;;;/q;;-1;;;;;;+1. The predicted molar refractivity (Wildman–Crippen MR) is 59.8 cm³/mol. The van der Waals surface area contributed by atoms with E-state index in [1.807, 2.05) is 64.2 Å². The third kappa shape index (κ3) is 63.1. The molecule has 2 fully saturated rings. The maximum Gasteiger partial charge on any atom is 1.00 e. The van der Waals surface area contributed by atoms with Crippen molar-refractivity contribution in [2.24, 2.45) is 0 Å². The molecule has 2 saturated carbocycles. The summed E-state index contributed by atoms with van der Waals surface area (Å²) in [4.78, 5) is 0. The summed E-state index contributed by atoms with van der Waals surface area (Å²) in [5.74, 6) is 0. The zero-order valence-corrected chi connectivity index (χ0v) is 15.4. The van der Waals surface area contributed by atoms with Crippen molar-refractivity contribution in [3.63, 3.8) is 0 Å². The predicted octanol–water partition coefficient (Wildman–Crippen LogP) is -0.974. The van der Waals surface area contributed by atoms with E-state index in [0.717, 1.165) is 0 Å². The Morgan fingerprint density at radius 2 is 0.476 bits per heavy atom. The molecule has 0 heterocycles. The van der Waals surface area contributed by atoms with E-state index in [0.29, 0.717) is 0 Å². The molecule has 21 heavy (non-hydrogen) atoms. The molecule has 2 rings (SSSR count). The van der Waals surface area contributed by atoms with Crippen LogP contribution in [0.15, 0.2) is 0 Å². The van der Waals surface area contributed by atoms with Crippen LogP contribution in [-0.4, -0.2) is 0 Å². The van der Waals surface area contributed by atoms with Gasteiger partial charge in [0.25, 0.3) is 0 Å². The topological polar surface area (TPSA) is 83.5 Å². The van der Waals surface area contributed by atoms with E-state index in [-0.39, 0.29) is 63.7 Å². The van der Waals surface area contributed by atoms with Crippen LogP contribution in [0, 0.1) is 96.0 Å². The molecule has 0 N–H and O–H groups in total. The first-order valence-electron chi connectivity index (χ1n) is 4.17. The molecule has 7 heteroatoms. The minimum absolute atomic E-state index is 0. The van der Waals surface area contributed by atoms with Crippen LogP contribution in [0.3, 0.4) is 0 Å². The van der Waals surface area contributed by atoms with Gasteiger partial charge in [-0.3, -0.25) is 0 Å². The fourth-order valence-electron chi connectivity index (χ4n) is 0.642. The molecule has 0 aliphatic heterocycles. The van der Waals surface area contributed by atoms with Crippen LogP contribution in [0.5, 0.6) is 0 Å². The first-order chi connectivity index (χ1) is 9.00. The van der Waals surface area contributed by atoms with E-state index >= 15 is 0 Å². The van der Waals surface area contributed by atoms with Gasteiger partial charge in [-0.2, -0.15) is 0 Å². The van der Waals surface area contributed by atoms with Gasteiger partial charge < -0.3 is 11.8 Å². The monoisotopic (exact) mass is 375 g/mol. The molecule has 0 aromatic rings. The van der Waals surface area contributed by atoms with Gasteiger partial charge in [0.15, 0.2) is 0 Å². The first kappa shape index (κ1) is 43.0. The number of rotatable bonds is 0. The molecular formula is C14H10Fe2NNaO3. The maximum absolute atomic E-state index is 7.50. The van der Waals surface area contributed by atoms with Crippen LogP contribution < -0.4 is 29.6 Å². The van der Waals surface area contributed by atoms with Crippen LogP contribution in [0.25, 0.3) is 0 Å². The van der Waals surface area contributed by atoms with E-state index in [2.05, 4.69) is 20.0 Å². The van der Waals surface area contributed by atoms with E-state index in [9.17, 15) is 0 Å². The quantitative estimate of drug-likeness (QED) is 0.305. The second-order valence-corrected chi connectivity index (χ2v) is 1.92. The van der Waals surface area contributed by atoms with E-state index in [1.54, 1.807) is 0 Å². The second kappa shape index (κ2) is 70.0. The molecule has 2 aliphatic carbocycles. The van der Waals surface area contributed by atoms with Crippen molar-refractivity contribution >= 4 is 0 Å². The van der Waals surface area contributed by atoms with Crippen LogP contribution in [0.4, 0.5) is 0 Å². The van der Waals surface area contributed by atoms with Gasteiger partial charge in [-0.15, -0.1) is 0 Å². The summed E-state index contributed by atoms with van der Waals surface area (Å²) in [5, 5.41) is 6.25. The van der Waals surface area contributed by atoms with E-state index < -0.39 is 0 Å². The third-order valence-corrected chi connectivity index (χ3v) is 1.11. The number of hydrogen-bond donors (Lipinski definition) is 0. The Morgan fingerprint density at radius 1 is 0.429 bits per heavy atom. The van der Waals surface area contributed by atoms with Crippen molar-refractivity contribution in [3.05, 3.63) is 90.7 Å². The maximum atomic E-state index is 7.50. The van der Waals surface area contributed by atoms with Crippen molar-refractivity contribution in [1.82, 2.24) is 0 Å². The summed E-state index contributed by atoms with van der Waals surface area (Å²) in [6.45, 7) is 18.2. The Labute approximate surface area is 172 Å². The van der Waals surface area contributed by atoms with Gasteiger partial charge in [0, 0.05) is 34.1 Å². The largest absolute Gasteiger partial charge is 1.00 e. The van der Waals surface area contributed by atoms with Gasteiger partial charge in [-0.25, -0.2) is 0 Å². The van der Waals surface area contributed by atoms with E-state index in [1.165, 1.54) is 0 Å². The Balaban J connectivity index is -0.0000000234. The minimum Gasteiger partial charge on any atom is -0.0312 e. The second-order valence-electron chi connectivity index (χ2n) is 1.92. The summed E-state index contributed by atoms with van der Waals surface area (Å²) in [6.07, 6.45) is 20.0. The first-order valence-corrected chi connectivity index (χ1v) is 4.17. The van der Waals surface area contributed by atoms with Crippen LogP contribution in [0.1, 0.15) is 0 Å². The zero-order valence-electron chi connectivity index (χ0n) is 11.2. The Hall–Kier alpha value is 0.749. The molecule has 106 valence electrons. The molecule has 0 atom stereocenters. The normalized spacial score (nSPS) is 11.8. The van der Waals surface area contributed by atoms with Gasteiger partial charge in [0.05, 0.1) is 0 Å². The molecule has 0 unspecified atom stereocenters. The fraction of sp³-hybridized carbons (Fsp3) is 0. The van der Waals surface area contributed by atoms with Crippen molar-refractivity contribution in [2.45, 2.75) is 0 Å². The average molecular weight is 375 g/mol. The fourth-order valence-corrected chi connectivity index (χ4v) is 0.642. The summed E-state index contributed by atoms with van der Waals surface area (Å²) < 4.78 is 22.5. The smallest absolute Gasteiger partial charge is 0.0312 e. The van der Waals surface area contributed by atoms with Crippen molar-refractivity contribution < 1.29 is 77.7 Å². The number of nitrogens with zero attached hydrogens (tertiary/aromatic N) is 1. The van der Waals surface area contributed by atoms with Crippen molar-refractivity contribution in [3.8, 4) is 0 Å². The molecule has 0 amide bonds. The number of hydrogen-bond acceptors (Lipinski definition) is 1. The molecule has 10 radical (unpaired) electrons. The van der Waals surface area contributed by atoms with Crippen LogP contribution in [0.2, 0.25) is 0 Å². The Kier molecular flexibility index (Phi) is 144. The molecule has 0 spiro atoms. The summed E-state index contributed by atoms with van der Waals surface area (Å²) in [7, 11) is 0. The Bertz CT molecular complexity index is 152. The molecule has 0 aromatic carbocycles. The average Bonchev–Trinajstić information content (AvgIpc) is 3.25. The molecular weight excluding hydrogens is 365 g/mol. The van der Waals surface area contributed by atoms with E-state index in [4.69, 9.17) is 25.8 Å². The summed E-state index contributed by atoms with van der Waals surface area (Å²) in [6, 6.07) is 0. The van der Waals surface area contributed by atoms with Gasteiger partial charge in [0.1, 0.15) is 0 Å². The van der Waals surface area contributed by atoms with Gasteiger partial charge in [-0.05, 0) is 64.2 Å². The molecule has 0 saturated heterocycles. The molecule has 2 aliphatic rings. The van der Waals surface area contributed by atoms with Crippen LogP contribution in [-0.2, 0) is 48.1 Å². The van der Waals surface area contributed by atoms with Crippen molar-refractivity contribution in [1.29, 1.82) is 5.26 Å². The summed E-state index contributed by atoms with van der Waals surface area (Å²) in [5.41, 5.74) is 0. The Morgan fingerprint density at radius 3 is 0.524 bits per heavy atom. The minimum atomic E-state index is 0. The van der Waals surface area contributed by atoms with Gasteiger partial charge in [0.2, 0.25) is 0 Å². The molecule has 0 aromatic heterocycles. The summed E-state index contributed by atoms with van der Waals surface area (Å²) >= 11 is 0. The van der Waals surface area contributed by atoms with Gasteiger partial charge >= 0.3 is 63.5 Å². The van der Waals surface area contributed by atoms with Crippen LogP contribution >= 0.6 is 0 Å². The zero-order chi connectivity index (χ0) is 15.1. The molecule has 4 nitrogen and oxygen atoms in total. The van der Waals surface area contributed by atoms with Gasteiger partial charge in [-0.1, -0.05) is 0 Å². The SMILES string of the molecule is [C-]#N.[C-]#[O+].[C-]#[O+].[C-]#[O+].[CH]1[CH][CH][CH][CH]1.[CH]1[CH][CH][CH][CH]1.[Fe].[Fe].[Na+]. The third-order valence-electron chi connectivity index (χ3n) is 1.11. The molecule has 0 bridgehead atoms. The van der Waals surface area contributed by atoms with Crippen molar-refractivity contribution in [2.75, 3.05) is 0 Å².